The molecule has 0 bridgehead atoms. The van der Waals surface area contributed by atoms with Crippen molar-refractivity contribution in [2.75, 3.05) is 14.1 Å². The Morgan fingerprint density at radius 2 is 1.41 bits per heavy atom. The minimum absolute atomic E-state index is 0.290. The molecule has 4 heteroatoms. The molecular formula is C13H18N2O2. The number of carbonyl (C=O) groups is 2. The number of hydrogen-bond donors (Lipinski definition) is 2. The summed E-state index contributed by atoms with van der Waals surface area (Å²) in [5.74, 6) is -1.37. The van der Waals surface area contributed by atoms with Crippen molar-refractivity contribution in [3.8, 4) is 0 Å². The second kappa shape index (κ2) is 5.48. The number of aryl methyl sites for hydroxylation is 2. The van der Waals surface area contributed by atoms with Crippen molar-refractivity contribution in [3.05, 3.63) is 34.9 Å². The smallest absolute Gasteiger partial charge is 0.236 e. The molecule has 2 amide bonds. The Labute approximate surface area is 101 Å². The van der Waals surface area contributed by atoms with Crippen molar-refractivity contribution in [2.45, 2.75) is 19.8 Å². The van der Waals surface area contributed by atoms with E-state index in [0.717, 1.165) is 16.7 Å². The van der Waals surface area contributed by atoms with E-state index < -0.39 is 5.92 Å². The maximum absolute atomic E-state index is 11.8. The van der Waals surface area contributed by atoms with Gasteiger partial charge in [0.05, 0.1) is 0 Å². The number of nitrogens with one attached hydrogen (secondary N) is 2. The first-order chi connectivity index (χ1) is 8.02. The summed E-state index contributed by atoms with van der Waals surface area (Å²) in [5.41, 5.74) is 2.68. The van der Waals surface area contributed by atoms with E-state index in [1.54, 1.807) is 0 Å². The Bertz CT molecular complexity index is 405. The molecule has 0 unspecified atom stereocenters. The van der Waals surface area contributed by atoms with Crippen molar-refractivity contribution in [3.63, 3.8) is 0 Å². The summed E-state index contributed by atoms with van der Waals surface area (Å²) in [6.45, 7) is 3.81. The van der Waals surface area contributed by atoms with Crippen LogP contribution in [0.5, 0.6) is 0 Å². The Morgan fingerprint density at radius 1 is 1.00 bits per heavy atom. The highest BCUT2D eigenvalue weighted by Crippen LogP contribution is 2.24. The summed E-state index contributed by atoms with van der Waals surface area (Å²) in [5, 5.41) is 5.07. The van der Waals surface area contributed by atoms with Gasteiger partial charge in [0.25, 0.3) is 0 Å². The first kappa shape index (κ1) is 13.2. The fourth-order valence-electron chi connectivity index (χ4n) is 1.95. The van der Waals surface area contributed by atoms with E-state index in [1.165, 1.54) is 14.1 Å². The average molecular weight is 234 g/mol. The van der Waals surface area contributed by atoms with Crippen LogP contribution < -0.4 is 10.6 Å². The lowest BCUT2D eigenvalue weighted by molar-refractivity contribution is -0.131. The summed E-state index contributed by atoms with van der Waals surface area (Å²) >= 11 is 0. The van der Waals surface area contributed by atoms with Gasteiger partial charge in [0.1, 0.15) is 5.92 Å². The number of hydrogen-bond acceptors (Lipinski definition) is 2. The third-order valence-corrected chi connectivity index (χ3v) is 2.85. The molecule has 0 saturated heterocycles. The van der Waals surface area contributed by atoms with E-state index in [2.05, 4.69) is 10.6 Å². The lowest BCUT2D eigenvalue weighted by atomic mass is 9.89. The minimum atomic E-state index is -0.786. The predicted molar refractivity (Wildman–Crippen MR) is 66.8 cm³/mol. The van der Waals surface area contributed by atoms with Crippen molar-refractivity contribution in [1.82, 2.24) is 10.6 Å². The van der Waals surface area contributed by atoms with Gasteiger partial charge < -0.3 is 10.6 Å². The fourth-order valence-corrected chi connectivity index (χ4v) is 1.95. The molecule has 0 spiro atoms. The quantitative estimate of drug-likeness (QED) is 0.763. The molecule has 0 aliphatic heterocycles. The van der Waals surface area contributed by atoms with Crippen LogP contribution in [-0.4, -0.2) is 25.9 Å². The second-order valence-corrected chi connectivity index (χ2v) is 3.97. The summed E-state index contributed by atoms with van der Waals surface area (Å²) < 4.78 is 0. The predicted octanol–water partition coefficient (Wildman–Crippen LogP) is 0.879. The van der Waals surface area contributed by atoms with Crippen LogP contribution in [-0.2, 0) is 9.59 Å². The molecule has 92 valence electrons. The molecule has 17 heavy (non-hydrogen) atoms. The Balaban J connectivity index is 3.31. The van der Waals surface area contributed by atoms with Crippen LogP contribution >= 0.6 is 0 Å². The Hall–Kier alpha value is -1.84. The molecule has 0 heterocycles. The van der Waals surface area contributed by atoms with Crippen LogP contribution in [0.1, 0.15) is 22.6 Å². The van der Waals surface area contributed by atoms with Gasteiger partial charge in [0.2, 0.25) is 11.8 Å². The molecule has 0 radical (unpaired) electrons. The summed E-state index contributed by atoms with van der Waals surface area (Å²) in [6, 6.07) is 5.72. The molecule has 1 aromatic carbocycles. The van der Waals surface area contributed by atoms with Crippen LogP contribution in [0.3, 0.4) is 0 Å². The van der Waals surface area contributed by atoms with Crippen LogP contribution in [0.2, 0.25) is 0 Å². The van der Waals surface area contributed by atoms with E-state index in [0.29, 0.717) is 0 Å². The maximum Gasteiger partial charge on any atom is 0.236 e. The monoisotopic (exact) mass is 234 g/mol. The van der Waals surface area contributed by atoms with Crippen LogP contribution in [0.25, 0.3) is 0 Å². The molecule has 0 aromatic heterocycles. The SMILES string of the molecule is CNC(=O)C(C(=O)NC)c1c(C)cccc1C. The molecule has 4 nitrogen and oxygen atoms in total. The molecular weight excluding hydrogens is 216 g/mol. The molecule has 0 fully saturated rings. The number of amides is 2. The molecule has 0 aliphatic carbocycles. The van der Waals surface area contributed by atoms with Crippen LogP contribution in [0, 0.1) is 13.8 Å². The molecule has 2 N–H and O–H groups in total. The van der Waals surface area contributed by atoms with E-state index in [9.17, 15) is 9.59 Å². The van der Waals surface area contributed by atoms with Gasteiger partial charge in [-0.15, -0.1) is 0 Å². The normalized spacial score (nSPS) is 10.2. The summed E-state index contributed by atoms with van der Waals surface area (Å²) in [4.78, 5) is 23.7. The minimum Gasteiger partial charge on any atom is -0.358 e. The highest BCUT2D eigenvalue weighted by Gasteiger charge is 2.29. The summed E-state index contributed by atoms with van der Waals surface area (Å²) in [6.07, 6.45) is 0. The van der Waals surface area contributed by atoms with Gasteiger partial charge in [-0.2, -0.15) is 0 Å². The maximum atomic E-state index is 11.8. The highest BCUT2D eigenvalue weighted by atomic mass is 16.2. The first-order valence-electron chi connectivity index (χ1n) is 5.52. The first-order valence-corrected chi connectivity index (χ1v) is 5.52. The van der Waals surface area contributed by atoms with E-state index in [-0.39, 0.29) is 11.8 Å². The second-order valence-electron chi connectivity index (χ2n) is 3.97. The summed E-state index contributed by atoms with van der Waals surface area (Å²) in [7, 11) is 3.07. The third kappa shape index (κ3) is 2.64. The number of benzene rings is 1. The van der Waals surface area contributed by atoms with Gasteiger partial charge in [0.15, 0.2) is 0 Å². The number of likely N-dealkylation sites (N-methyl/N-ethyl adjacent to an activating group) is 2. The third-order valence-electron chi connectivity index (χ3n) is 2.85. The lowest BCUT2D eigenvalue weighted by Crippen LogP contribution is -2.37. The van der Waals surface area contributed by atoms with Gasteiger partial charge >= 0.3 is 0 Å². The average Bonchev–Trinajstić information content (AvgIpc) is 2.32. The standard InChI is InChI=1S/C13H18N2O2/c1-8-6-5-7-9(2)10(8)11(12(16)14-3)13(17)15-4/h5-7,11H,1-4H3,(H,14,16)(H,15,17). The van der Waals surface area contributed by atoms with Crippen LogP contribution in [0.15, 0.2) is 18.2 Å². The van der Waals surface area contributed by atoms with Crippen molar-refractivity contribution in [2.24, 2.45) is 0 Å². The molecule has 0 aliphatic rings. The zero-order valence-corrected chi connectivity index (χ0v) is 10.6. The molecule has 1 aromatic rings. The van der Waals surface area contributed by atoms with Gasteiger partial charge in [0, 0.05) is 14.1 Å². The fraction of sp³-hybridized carbons (Fsp3) is 0.385. The van der Waals surface area contributed by atoms with E-state index in [4.69, 9.17) is 0 Å². The van der Waals surface area contributed by atoms with Crippen molar-refractivity contribution < 1.29 is 9.59 Å². The van der Waals surface area contributed by atoms with E-state index >= 15 is 0 Å². The highest BCUT2D eigenvalue weighted by molar-refractivity contribution is 6.06. The zero-order chi connectivity index (χ0) is 13.0. The van der Waals surface area contributed by atoms with Crippen molar-refractivity contribution >= 4 is 11.8 Å². The van der Waals surface area contributed by atoms with Gasteiger partial charge in [-0.1, -0.05) is 18.2 Å². The topological polar surface area (TPSA) is 58.2 Å². The zero-order valence-electron chi connectivity index (χ0n) is 10.6. The molecule has 1 rings (SSSR count). The van der Waals surface area contributed by atoms with E-state index in [1.807, 2.05) is 32.0 Å². The molecule has 0 atom stereocenters. The number of carbonyl (C=O) groups excluding carboxylic acids is 2. The van der Waals surface area contributed by atoms with Gasteiger partial charge in [-0.3, -0.25) is 9.59 Å². The Morgan fingerprint density at radius 3 is 1.76 bits per heavy atom. The van der Waals surface area contributed by atoms with Crippen molar-refractivity contribution in [1.29, 1.82) is 0 Å². The molecule has 0 saturated carbocycles. The Kier molecular flexibility index (Phi) is 4.26. The van der Waals surface area contributed by atoms with Crippen LogP contribution in [0.4, 0.5) is 0 Å². The largest absolute Gasteiger partial charge is 0.358 e. The van der Waals surface area contributed by atoms with Gasteiger partial charge in [-0.25, -0.2) is 0 Å². The lowest BCUT2D eigenvalue weighted by Gasteiger charge is -2.18. The van der Waals surface area contributed by atoms with Gasteiger partial charge in [-0.05, 0) is 30.5 Å². The number of rotatable bonds is 3.